The molecule has 0 aliphatic carbocycles. The molecule has 0 amide bonds. The van der Waals surface area contributed by atoms with E-state index in [2.05, 4.69) is 160 Å². The van der Waals surface area contributed by atoms with Gasteiger partial charge in [-0.15, -0.1) is 0 Å². The number of likely N-dealkylation sites (N-methyl/N-ethyl adjacent to an activating group) is 1. The molecule has 9 nitrogen and oxygen atoms in total. The first-order valence-electron chi connectivity index (χ1n) is 32.5. The van der Waals surface area contributed by atoms with Gasteiger partial charge in [0.15, 0.2) is 6.10 Å². The summed E-state index contributed by atoms with van der Waals surface area (Å²) >= 11 is 0. The van der Waals surface area contributed by atoms with Crippen molar-refractivity contribution in [3.63, 3.8) is 0 Å². The van der Waals surface area contributed by atoms with Gasteiger partial charge < -0.3 is 27.9 Å². The zero-order valence-corrected chi connectivity index (χ0v) is 53.8. The molecule has 0 aromatic carbocycles. The van der Waals surface area contributed by atoms with Gasteiger partial charge >= 0.3 is 11.9 Å². The Labute approximate surface area is 503 Å². The van der Waals surface area contributed by atoms with Crippen molar-refractivity contribution < 1.29 is 42.1 Å². The van der Waals surface area contributed by atoms with Gasteiger partial charge in [-0.05, 0) is 109 Å². The monoisotopic (exact) mass is 1160 g/mol. The molecule has 0 fully saturated rings. The lowest BCUT2D eigenvalue weighted by atomic mass is 10.0. The van der Waals surface area contributed by atoms with Crippen LogP contribution in [0.5, 0.6) is 0 Å². The standard InChI is InChI=1S/C72H120NO8P/c1-6-8-10-12-14-16-18-20-22-24-25-26-27-28-29-30-31-32-33-34-35-36-37-38-39-40-41-42-43-44-45-46-47-49-51-53-55-57-59-61-63-65-72(75)81-70(69-80-82(76,77)79-67-66-73(3,4)5)68-78-71(74)64-62-60-58-56-54-52-50-48-23-21-19-17-15-13-11-9-7-2/h8-11,14-17,20-23,25-26,28-29,31-32,34-35,50,52,56,58,70H,6-7,12-13,18-19,24,27,30,33,36-49,51,53-55,57,59-69H2,1-5H3/b10-8-,11-9-,16-14-,17-15-,22-20-,23-21-,26-25-,29-28-,32-31-,35-34-,52-50-,58-56-. The molecule has 466 valence electrons. The van der Waals surface area contributed by atoms with Gasteiger partial charge in [0.2, 0.25) is 0 Å². The lowest BCUT2D eigenvalue weighted by Gasteiger charge is -2.28. The quantitative estimate of drug-likeness (QED) is 0.0195. The number of rotatable bonds is 58. The molecule has 0 radical (unpaired) electrons. The number of hydrogen-bond donors (Lipinski definition) is 0. The summed E-state index contributed by atoms with van der Waals surface area (Å²) in [6.07, 6.45) is 90.8. The first-order valence-corrected chi connectivity index (χ1v) is 34.0. The SMILES string of the molecule is CC/C=C\C/C=C\C/C=C\C/C=C\C/C=C\C/C=C\C/C=C\CCCCCCCCCCCCCCCCCCCCCC(=O)OC(COC(=O)CCC/C=C\C/C=C\C/C=C\C/C=C\C/C=C\CC)COP(=O)([O-])OCC[N+](C)(C)C. The van der Waals surface area contributed by atoms with Crippen molar-refractivity contribution in [3.05, 3.63) is 146 Å². The number of carbonyl (C=O) groups is 2. The molecule has 0 aliphatic rings. The van der Waals surface area contributed by atoms with Gasteiger partial charge in [0.1, 0.15) is 19.8 Å². The number of phosphoric ester groups is 1. The molecule has 0 saturated heterocycles. The Bertz CT molecular complexity index is 1890. The number of unbranched alkanes of at least 4 members (excludes halogenated alkanes) is 20. The largest absolute Gasteiger partial charge is 0.756 e. The molecular weight excluding hydrogens is 1040 g/mol. The topological polar surface area (TPSA) is 111 Å². The van der Waals surface area contributed by atoms with Crippen LogP contribution >= 0.6 is 7.82 Å². The van der Waals surface area contributed by atoms with Crippen molar-refractivity contribution in [3.8, 4) is 0 Å². The minimum atomic E-state index is -4.66. The Morgan fingerprint density at radius 1 is 0.378 bits per heavy atom. The van der Waals surface area contributed by atoms with Crippen molar-refractivity contribution in [2.75, 3.05) is 47.5 Å². The van der Waals surface area contributed by atoms with Crippen molar-refractivity contribution in [1.29, 1.82) is 0 Å². The molecule has 0 aliphatic heterocycles. The molecule has 0 aromatic rings. The highest BCUT2D eigenvalue weighted by Gasteiger charge is 2.22. The van der Waals surface area contributed by atoms with Gasteiger partial charge in [-0.3, -0.25) is 14.2 Å². The lowest BCUT2D eigenvalue weighted by Crippen LogP contribution is -2.37. The van der Waals surface area contributed by atoms with Crippen LogP contribution in [0.25, 0.3) is 0 Å². The molecule has 0 aromatic heterocycles. The van der Waals surface area contributed by atoms with E-state index in [0.717, 1.165) is 103 Å². The number of hydrogen-bond acceptors (Lipinski definition) is 8. The molecule has 0 bridgehead atoms. The number of quaternary nitrogens is 1. The van der Waals surface area contributed by atoms with Crippen LogP contribution in [0.4, 0.5) is 0 Å². The van der Waals surface area contributed by atoms with E-state index in [4.69, 9.17) is 18.5 Å². The maximum Gasteiger partial charge on any atom is 0.306 e. The second-order valence-electron chi connectivity index (χ2n) is 22.4. The molecule has 0 rings (SSSR count). The number of nitrogens with zero attached hydrogens (tertiary/aromatic N) is 1. The van der Waals surface area contributed by atoms with E-state index in [0.29, 0.717) is 23.9 Å². The predicted molar refractivity (Wildman–Crippen MR) is 350 cm³/mol. The summed E-state index contributed by atoms with van der Waals surface area (Å²) in [6, 6.07) is 0. The van der Waals surface area contributed by atoms with Crippen LogP contribution in [0, 0.1) is 0 Å². The Morgan fingerprint density at radius 3 is 1.01 bits per heavy atom. The Kier molecular flexibility index (Phi) is 58.4. The fraction of sp³-hybridized carbons (Fsp3) is 0.639. The van der Waals surface area contributed by atoms with E-state index in [1.54, 1.807) is 0 Å². The first kappa shape index (κ1) is 77.9. The fourth-order valence-corrected chi connectivity index (χ4v) is 9.17. The van der Waals surface area contributed by atoms with E-state index in [1.165, 1.54) is 103 Å². The van der Waals surface area contributed by atoms with E-state index in [1.807, 2.05) is 21.1 Å². The average Bonchev–Trinajstić information content (AvgIpc) is 3.45. The molecule has 0 heterocycles. The summed E-state index contributed by atoms with van der Waals surface area (Å²) in [7, 11) is 1.12. The molecule has 82 heavy (non-hydrogen) atoms. The molecule has 10 heteroatoms. The summed E-state index contributed by atoms with van der Waals surface area (Å²) in [4.78, 5) is 37.9. The van der Waals surface area contributed by atoms with Crippen molar-refractivity contribution >= 4 is 19.8 Å². The van der Waals surface area contributed by atoms with Crippen LogP contribution in [-0.4, -0.2) is 70.0 Å². The van der Waals surface area contributed by atoms with E-state index in [9.17, 15) is 19.0 Å². The predicted octanol–water partition coefficient (Wildman–Crippen LogP) is 20.4. The Hall–Kier alpha value is -4.11. The van der Waals surface area contributed by atoms with Crippen molar-refractivity contribution in [2.45, 2.75) is 251 Å². The zero-order chi connectivity index (χ0) is 59.8. The van der Waals surface area contributed by atoms with Crippen LogP contribution in [0.15, 0.2) is 146 Å². The van der Waals surface area contributed by atoms with Gasteiger partial charge in [0, 0.05) is 12.8 Å². The van der Waals surface area contributed by atoms with Crippen LogP contribution in [-0.2, 0) is 32.7 Å². The number of esters is 2. The highest BCUT2D eigenvalue weighted by molar-refractivity contribution is 7.45. The second-order valence-corrected chi connectivity index (χ2v) is 23.8. The number of allylic oxidation sites excluding steroid dienone is 24. The fourth-order valence-electron chi connectivity index (χ4n) is 8.44. The first-order chi connectivity index (χ1) is 40.0. The third-order valence-electron chi connectivity index (χ3n) is 13.4. The summed E-state index contributed by atoms with van der Waals surface area (Å²) in [5.41, 5.74) is 0. The molecule has 0 N–H and O–H groups in total. The highest BCUT2D eigenvalue weighted by atomic mass is 31.2. The van der Waals surface area contributed by atoms with Gasteiger partial charge in [-0.2, -0.15) is 0 Å². The third kappa shape index (κ3) is 65.0. The second kappa shape index (κ2) is 61.5. The third-order valence-corrected chi connectivity index (χ3v) is 14.3. The molecule has 0 spiro atoms. The minimum absolute atomic E-state index is 0.0451. The number of carbonyl (C=O) groups excluding carboxylic acids is 2. The zero-order valence-electron chi connectivity index (χ0n) is 52.9. The maximum absolute atomic E-state index is 12.8. The minimum Gasteiger partial charge on any atom is -0.756 e. The summed E-state index contributed by atoms with van der Waals surface area (Å²) in [5, 5.41) is 0. The molecule has 2 unspecified atom stereocenters. The maximum atomic E-state index is 12.8. The van der Waals surface area contributed by atoms with Crippen molar-refractivity contribution in [2.24, 2.45) is 0 Å². The number of ether oxygens (including phenoxy) is 2. The van der Waals surface area contributed by atoms with Crippen LogP contribution < -0.4 is 4.89 Å². The Balaban J connectivity index is 4.02. The molecule has 0 saturated carbocycles. The smallest absolute Gasteiger partial charge is 0.306 e. The lowest BCUT2D eigenvalue weighted by molar-refractivity contribution is -0.870. The molecule has 2 atom stereocenters. The van der Waals surface area contributed by atoms with Gasteiger partial charge in [0.05, 0.1) is 27.7 Å². The normalized spacial score (nSPS) is 14.2. The van der Waals surface area contributed by atoms with E-state index < -0.39 is 32.5 Å². The number of phosphoric acid groups is 1. The Morgan fingerprint density at radius 2 is 0.671 bits per heavy atom. The molecular formula is C72H120NO8P. The summed E-state index contributed by atoms with van der Waals surface area (Å²) < 4.78 is 34.1. The van der Waals surface area contributed by atoms with Crippen LogP contribution in [0.1, 0.15) is 245 Å². The summed E-state index contributed by atoms with van der Waals surface area (Å²) in [5.74, 6) is -0.905. The van der Waals surface area contributed by atoms with Crippen molar-refractivity contribution in [1.82, 2.24) is 0 Å². The average molecular weight is 1160 g/mol. The highest BCUT2D eigenvalue weighted by Crippen LogP contribution is 2.38. The van der Waals surface area contributed by atoms with Gasteiger partial charge in [0.25, 0.3) is 7.82 Å². The van der Waals surface area contributed by atoms with Crippen LogP contribution in [0.3, 0.4) is 0 Å². The van der Waals surface area contributed by atoms with E-state index >= 15 is 0 Å². The van der Waals surface area contributed by atoms with Gasteiger partial charge in [-0.25, -0.2) is 0 Å². The summed E-state index contributed by atoms with van der Waals surface area (Å²) in [6.45, 7) is 3.94. The van der Waals surface area contributed by atoms with Crippen LogP contribution in [0.2, 0.25) is 0 Å². The van der Waals surface area contributed by atoms with Gasteiger partial charge in [-0.1, -0.05) is 269 Å². The van der Waals surface area contributed by atoms with E-state index in [-0.39, 0.29) is 26.1 Å².